The number of anilines is 1. The zero-order valence-corrected chi connectivity index (χ0v) is 21.3. The van der Waals surface area contributed by atoms with Gasteiger partial charge in [0.1, 0.15) is 0 Å². The van der Waals surface area contributed by atoms with E-state index in [1.54, 1.807) is 0 Å². The van der Waals surface area contributed by atoms with E-state index < -0.39 is 0 Å². The van der Waals surface area contributed by atoms with Gasteiger partial charge in [-0.25, -0.2) is 0 Å². The summed E-state index contributed by atoms with van der Waals surface area (Å²) in [7, 11) is 0. The van der Waals surface area contributed by atoms with Crippen LogP contribution in [0.2, 0.25) is 0 Å². The maximum atomic E-state index is 12.9. The summed E-state index contributed by atoms with van der Waals surface area (Å²) < 4.78 is 7.60. The molecular formula is C27H33N5O2S. The van der Waals surface area contributed by atoms with Gasteiger partial charge in [-0.3, -0.25) is 9.36 Å². The molecule has 1 N–H and O–H groups in total. The molecule has 1 amide bonds. The van der Waals surface area contributed by atoms with Gasteiger partial charge in [0.2, 0.25) is 11.9 Å². The Balaban J connectivity index is 1.29. The Bertz CT molecular complexity index is 1190. The van der Waals surface area contributed by atoms with Crippen LogP contribution >= 0.6 is 11.8 Å². The van der Waals surface area contributed by atoms with Crippen LogP contribution in [0.15, 0.2) is 47.6 Å². The summed E-state index contributed by atoms with van der Waals surface area (Å²) in [6.07, 6.45) is 4.83. The van der Waals surface area contributed by atoms with Crippen molar-refractivity contribution in [2.24, 2.45) is 0 Å². The molecule has 1 unspecified atom stereocenters. The number of nitrogens with zero attached hydrogens (tertiary/aromatic N) is 4. The summed E-state index contributed by atoms with van der Waals surface area (Å²) in [6.45, 7) is 7.03. The first-order valence-electron chi connectivity index (χ1n) is 12.5. The summed E-state index contributed by atoms with van der Waals surface area (Å²) >= 11 is 1.42. The van der Waals surface area contributed by atoms with E-state index in [1.165, 1.54) is 47.7 Å². The molecule has 0 bridgehead atoms. The third kappa shape index (κ3) is 5.38. The Kier molecular flexibility index (Phi) is 7.39. The maximum Gasteiger partial charge on any atom is 0.232 e. The number of hydrogen-bond acceptors (Lipinski definition) is 6. The second kappa shape index (κ2) is 10.8. The van der Waals surface area contributed by atoms with Crippen LogP contribution < -0.4 is 10.2 Å². The van der Waals surface area contributed by atoms with Crippen LogP contribution in [-0.2, 0) is 22.4 Å². The normalized spacial score (nSPS) is 16.6. The molecule has 2 aliphatic rings. The third-order valence-electron chi connectivity index (χ3n) is 6.85. The number of amides is 1. The number of benzene rings is 2. The summed E-state index contributed by atoms with van der Waals surface area (Å²) in [5.74, 6) is 1.07. The van der Waals surface area contributed by atoms with Gasteiger partial charge in [-0.15, -0.1) is 10.2 Å². The Labute approximate surface area is 211 Å². The van der Waals surface area contributed by atoms with Gasteiger partial charge in [-0.05, 0) is 67.9 Å². The Morgan fingerprint density at radius 2 is 1.86 bits per heavy atom. The highest BCUT2D eigenvalue weighted by Gasteiger charge is 2.23. The predicted octanol–water partition coefficient (Wildman–Crippen LogP) is 4.26. The first-order valence-corrected chi connectivity index (χ1v) is 13.5. The lowest BCUT2D eigenvalue weighted by molar-refractivity contribution is -0.119. The number of morpholine rings is 1. The van der Waals surface area contributed by atoms with Crippen molar-refractivity contribution in [1.29, 1.82) is 0 Å². The van der Waals surface area contributed by atoms with Gasteiger partial charge in [0.05, 0.1) is 30.7 Å². The van der Waals surface area contributed by atoms with Gasteiger partial charge in [0.25, 0.3) is 0 Å². The molecule has 7 nitrogen and oxygen atoms in total. The van der Waals surface area contributed by atoms with Crippen molar-refractivity contribution in [3.63, 3.8) is 0 Å². The molecular weight excluding hydrogens is 458 g/mol. The molecule has 0 radical (unpaired) electrons. The molecule has 1 aliphatic heterocycles. The fourth-order valence-electron chi connectivity index (χ4n) is 4.87. The minimum absolute atomic E-state index is 0.00697. The van der Waals surface area contributed by atoms with Crippen molar-refractivity contribution >= 4 is 23.6 Å². The highest BCUT2D eigenvalue weighted by atomic mass is 32.2. The molecule has 3 aromatic rings. The number of fused-ring (bicyclic) bond motifs is 1. The first-order chi connectivity index (χ1) is 17.1. The molecule has 1 saturated heterocycles. The van der Waals surface area contributed by atoms with Crippen molar-refractivity contribution in [2.75, 3.05) is 37.0 Å². The second-order valence-electron chi connectivity index (χ2n) is 9.32. The topological polar surface area (TPSA) is 72.3 Å². The zero-order chi connectivity index (χ0) is 24.2. The van der Waals surface area contributed by atoms with E-state index >= 15 is 0 Å². The average Bonchev–Trinajstić information content (AvgIpc) is 3.31. The molecule has 1 atom stereocenters. The van der Waals surface area contributed by atoms with Crippen molar-refractivity contribution in [3.05, 3.63) is 64.7 Å². The Hall–Kier alpha value is -2.84. The SMILES string of the molecule is Cc1ccccc1-n1c(SCC(=O)NC(C)c2ccc3c(c2)CCCC3)nnc1N1CCOCC1. The van der Waals surface area contributed by atoms with E-state index in [2.05, 4.69) is 69.2 Å². The molecule has 2 aromatic carbocycles. The van der Waals surface area contributed by atoms with Crippen molar-refractivity contribution in [3.8, 4) is 5.69 Å². The molecule has 1 aliphatic carbocycles. The number of ether oxygens (including phenoxy) is 1. The summed E-state index contributed by atoms with van der Waals surface area (Å²) in [5.41, 5.74) is 6.23. The van der Waals surface area contributed by atoms with Crippen LogP contribution in [0.25, 0.3) is 5.69 Å². The number of hydrogen-bond donors (Lipinski definition) is 1. The molecule has 1 fully saturated rings. The maximum absolute atomic E-state index is 12.9. The van der Waals surface area contributed by atoms with Crippen LogP contribution in [-0.4, -0.2) is 52.7 Å². The minimum atomic E-state index is -0.0338. The number of rotatable bonds is 7. The first kappa shape index (κ1) is 23.9. The van der Waals surface area contributed by atoms with Gasteiger partial charge in [-0.2, -0.15) is 0 Å². The van der Waals surface area contributed by atoms with Gasteiger partial charge < -0.3 is 15.0 Å². The standard InChI is InChI=1S/C27H33N5O2S/c1-19-7-3-6-10-24(19)32-26(31-13-15-34-16-14-31)29-30-27(32)35-18-25(33)28-20(2)22-12-11-21-8-4-5-9-23(21)17-22/h3,6-7,10-12,17,20H,4-5,8-9,13-16,18H2,1-2H3,(H,28,33). The van der Waals surface area contributed by atoms with Gasteiger partial charge >= 0.3 is 0 Å². The average molecular weight is 492 g/mol. The fourth-order valence-corrected chi connectivity index (χ4v) is 5.62. The fraction of sp³-hybridized carbons (Fsp3) is 0.444. The smallest absolute Gasteiger partial charge is 0.232 e. The molecule has 8 heteroatoms. The molecule has 0 saturated carbocycles. The number of nitrogens with one attached hydrogen (secondary N) is 1. The van der Waals surface area contributed by atoms with Crippen LogP contribution in [0.5, 0.6) is 0 Å². The van der Waals surface area contributed by atoms with Crippen LogP contribution in [0, 0.1) is 6.92 Å². The monoisotopic (exact) mass is 491 g/mol. The Morgan fingerprint density at radius 3 is 2.66 bits per heavy atom. The van der Waals surface area contributed by atoms with Crippen molar-refractivity contribution < 1.29 is 9.53 Å². The largest absolute Gasteiger partial charge is 0.378 e. The van der Waals surface area contributed by atoms with Crippen molar-refractivity contribution in [1.82, 2.24) is 20.1 Å². The molecule has 35 heavy (non-hydrogen) atoms. The van der Waals surface area contributed by atoms with Crippen LogP contribution in [0.4, 0.5) is 5.95 Å². The van der Waals surface area contributed by atoms with E-state index in [0.29, 0.717) is 13.2 Å². The number of thioether (sulfide) groups is 1. The predicted molar refractivity (Wildman–Crippen MR) is 139 cm³/mol. The van der Waals surface area contributed by atoms with E-state index in [9.17, 15) is 4.79 Å². The zero-order valence-electron chi connectivity index (χ0n) is 20.5. The number of para-hydroxylation sites is 1. The quantitative estimate of drug-likeness (QED) is 0.498. The highest BCUT2D eigenvalue weighted by molar-refractivity contribution is 7.99. The van der Waals surface area contributed by atoms with E-state index in [0.717, 1.165) is 41.9 Å². The summed E-state index contributed by atoms with van der Waals surface area (Å²) in [4.78, 5) is 15.1. The van der Waals surface area contributed by atoms with E-state index in [1.807, 2.05) is 12.1 Å². The lowest BCUT2D eigenvalue weighted by Gasteiger charge is -2.28. The van der Waals surface area contributed by atoms with E-state index in [-0.39, 0.29) is 17.7 Å². The third-order valence-corrected chi connectivity index (χ3v) is 7.78. The molecule has 184 valence electrons. The van der Waals surface area contributed by atoms with Crippen molar-refractivity contribution in [2.45, 2.75) is 50.7 Å². The van der Waals surface area contributed by atoms with Gasteiger partial charge in [0, 0.05) is 13.1 Å². The lowest BCUT2D eigenvalue weighted by atomic mass is 9.89. The van der Waals surface area contributed by atoms with Gasteiger partial charge in [-0.1, -0.05) is 48.2 Å². The van der Waals surface area contributed by atoms with Gasteiger partial charge in [0.15, 0.2) is 5.16 Å². The Morgan fingerprint density at radius 1 is 1.09 bits per heavy atom. The second-order valence-corrected chi connectivity index (χ2v) is 10.3. The lowest BCUT2D eigenvalue weighted by Crippen LogP contribution is -2.38. The van der Waals surface area contributed by atoms with Crippen LogP contribution in [0.3, 0.4) is 0 Å². The van der Waals surface area contributed by atoms with Crippen LogP contribution in [0.1, 0.15) is 48.1 Å². The molecule has 5 rings (SSSR count). The number of aryl methyl sites for hydroxylation is 3. The molecule has 0 spiro atoms. The minimum Gasteiger partial charge on any atom is -0.378 e. The molecule has 1 aromatic heterocycles. The highest BCUT2D eigenvalue weighted by Crippen LogP contribution is 2.29. The summed E-state index contributed by atoms with van der Waals surface area (Å²) in [5, 5.41) is 12.9. The molecule has 2 heterocycles. The number of aromatic nitrogens is 3. The summed E-state index contributed by atoms with van der Waals surface area (Å²) in [6, 6.07) is 14.8. The number of carbonyl (C=O) groups is 1. The van der Waals surface area contributed by atoms with E-state index in [4.69, 9.17) is 4.74 Å². The number of carbonyl (C=O) groups excluding carboxylic acids is 1.